The predicted octanol–water partition coefficient (Wildman–Crippen LogP) is 4.62. The van der Waals surface area contributed by atoms with E-state index in [1.165, 1.54) is 10.4 Å². The van der Waals surface area contributed by atoms with Crippen molar-refractivity contribution in [3.05, 3.63) is 51.9 Å². The standard InChI is InChI=1S/C24H30N2O3S/c1-2-29-24(28)22-19-10-6-7-11-20(19)30-23(22)25-21(27)16-26-14-12-18(13-15-26)17-8-4-3-5-9-17/h3-5,8-9,18H,2,6-7,10-16H2,1H3,(H,25,27). The molecule has 2 aromatic rings. The zero-order valence-electron chi connectivity index (χ0n) is 17.6. The van der Waals surface area contributed by atoms with E-state index in [-0.39, 0.29) is 11.9 Å². The Morgan fingerprint density at radius 1 is 1.13 bits per heavy atom. The maximum absolute atomic E-state index is 12.8. The first-order valence-electron chi connectivity index (χ1n) is 11.0. The number of thiophene rings is 1. The fourth-order valence-electron chi connectivity index (χ4n) is 4.59. The summed E-state index contributed by atoms with van der Waals surface area (Å²) >= 11 is 1.55. The van der Waals surface area contributed by atoms with Gasteiger partial charge in [-0.05, 0) is 75.6 Å². The van der Waals surface area contributed by atoms with E-state index in [1.807, 2.05) is 6.92 Å². The van der Waals surface area contributed by atoms with Crippen molar-refractivity contribution in [2.75, 3.05) is 31.6 Å². The summed E-state index contributed by atoms with van der Waals surface area (Å²) in [6.45, 7) is 4.35. The maximum atomic E-state index is 12.8. The van der Waals surface area contributed by atoms with Crippen molar-refractivity contribution in [2.24, 2.45) is 0 Å². The van der Waals surface area contributed by atoms with Gasteiger partial charge < -0.3 is 10.1 Å². The molecule has 5 nitrogen and oxygen atoms in total. The second-order valence-electron chi connectivity index (χ2n) is 8.14. The van der Waals surface area contributed by atoms with Crippen molar-refractivity contribution in [1.29, 1.82) is 0 Å². The van der Waals surface area contributed by atoms with Gasteiger partial charge in [0.05, 0.1) is 18.7 Å². The highest BCUT2D eigenvalue weighted by atomic mass is 32.1. The Bertz CT molecular complexity index is 885. The number of rotatable bonds is 6. The summed E-state index contributed by atoms with van der Waals surface area (Å²) < 4.78 is 5.28. The van der Waals surface area contributed by atoms with Crippen LogP contribution in [0.4, 0.5) is 5.00 Å². The Kier molecular flexibility index (Phi) is 6.85. The van der Waals surface area contributed by atoms with Crippen molar-refractivity contribution in [3.63, 3.8) is 0 Å². The Hall–Kier alpha value is -2.18. The zero-order chi connectivity index (χ0) is 20.9. The van der Waals surface area contributed by atoms with E-state index >= 15 is 0 Å². The van der Waals surface area contributed by atoms with Crippen molar-refractivity contribution < 1.29 is 14.3 Å². The van der Waals surface area contributed by atoms with Crippen LogP contribution in [0.5, 0.6) is 0 Å². The molecule has 1 aliphatic heterocycles. The molecule has 0 bridgehead atoms. The highest BCUT2D eigenvalue weighted by Crippen LogP contribution is 2.38. The fraction of sp³-hybridized carbons (Fsp3) is 0.500. The molecule has 2 aliphatic rings. The van der Waals surface area contributed by atoms with Gasteiger partial charge in [-0.25, -0.2) is 4.79 Å². The molecular formula is C24H30N2O3S. The molecule has 2 heterocycles. The van der Waals surface area contributed by atoms with E-state index in [4.69, 9.17) is 4.74 Å². The number of nitrogens with zero attached hydrogens (tertiary/aromatic N) is 1. The summed E-state index contributed by atoms with van der Waals surface area (Å²) in [6.07, 6.45) is 6.23. The highest BCUT2D eigenvalue weighted by Gasteiger charge is 2.28. The number of esters is 1. The first-order valence-corrected chi connectivity index (χ1v) is 11.9. The smallest absolute Gasteiger partial charge is 0.341 e. The van der Waals surface area contributed by atoms with Gasteiger partial charge in [-0.1, -0.05) is 30.3 Å². The number of fused-ring (bicyclic) bond motifs is 1. The number of hydrogen-bond donors (Lipinski definition) is 1. The summed E-state index contributed by atoms with van der Waals surface area (Å²) in [7, 11) is 0. The third-order valence-electron chi connectivity index (χ3n) is 6.13. The van der Waals surface area contributed by atoms with Gasteiger partial charge >= 0.3 is 5.97 Å². The fourth-order valence-corrected chi connectivity index (χ4v) is 5.89. The monoisotopic (exact) mass is 426 g/mol. The number of benzene rings is 1. The summed E-state index contributed by atoms with van der Waals surface area (Å²) in [5.74, 6) is 0.220. The Morgan fingerprint density at radius 3 is 2.60 bits per heavy atom. The molecule has 1 aliphatic carbocycles. The summed E-state index contributed by atoms with van der Waals surface area (Å²) in [4.78, 5) is 28.8. The van der Waals surface area contributed by atoms with Gasteiger partial charge in [-0.2, -0.15) is 0 Å². The molecule has 1 amide bonds. The van der Waals surface area contributed by atoms with Crippen LogP contribution in [0.25, 0.3) is 0 Å². The van der Waals surface area contributed by atoms with Gasteiger partial charge in [-0.15, -0.1) is 11.3 Å². The average Bonchev–Trinajstić information content (AvgIpc) is 3.12. The third-order valence-corrected chi connectivity index (χ3v) is 7.34. The Morgan fingerprint density at radius 2 is 1.87 bits per heavy atom. The molecule has 1 N–H and O–H groups in total. The molecule has 4 rings (SSSR count). The summed E-state index contributed by atoms with van der Waals surface area (Å²) in [5, 5.41) is 3.71. The second-order valence-corrected chi connectivity index (χ2v) is 9.25. The number of ether oxygens (including phenoxy) is 1. The van der Waals surface area contributed by atoms with Crippen LogP contribution >= 0.6 is 11.3 Å². The Balaban J connectivity index is 1.37. The predicted molar refractivity (Wildman–Crippen MR) is 120 cm³/mol. The molecule has 0 spiro atoms. The van der Waals surface area contributed by atoms with Crippen LogP contribution < -0.4 is 5.32 Å². The molecule has 1 aromatic carbocycles. The number of likely N-dealkylation sites (tertiary alicyclic amines) is 1. The van der Waals surface area contributed by atoms with E-state index < -0.39 is 0 Å². The first-order chi connectivity index (χ1) is 14.7. The SMILES string of the molecule is CCOC(=O)c1c(NC(=O)CN2CCC(c3ccccc3)CC2)sc2c1CCCC2. The van der Waals surface area contributed by atoms with Crippen LogP contribution in [-0.2, 0) is 22.4 Å². The number of nitrogens with one attached hydrogen (secondary N) is 1. The molecule has 0 unspecified atom stereocenters. The van der Waals surface area contributed by atoms with Crippen LogP contribution in [0, 0.1) is 0 Å². The number of anilines is 1. The lowest BCUT2D eigenvalue weighted by Gasteiger charge is -2.31. The molecule has 1 fully saturated rings. The quantitative estimate of drug-likeness (QED) is 0.685. The lowest BCUT2D eigenvalue weighted by atomic mass is 9.89. The zero-order valence-corrected chi connectivity index (χ0v) is 18.4. The van der Waals surface area contributed by atoms with Crippen LogP contribution in [0.2, 0.25) is 0 Å². The molecule has 0 atom stereocenters. The van der Waals surface area contributed by atoms with Crippen molar-refractivity contribution >= 4 is 28.2 Å². The van der Waals surface area contributed by atoms with Gasteiger partial charge in [-0.3, -0.25) is 9.69 Å². The van der Waals surface area contributed by atoms with E-state index in [0.717, 1.165) is 57.2 Å². The molecule has 0 radical (unpaired) electrons. The van der Waals surface area contributed by atoms with E-state index in [9.17, 15) is 9.59 Å². The number of amides is 1. The van der Waals surface area contributed by atoms with E-state index in [1.54, 1.807) is 11.3 Å². The Labute approximate surface area is 182 Å². The van der Waals surface area contributed by atoms with Crippen molar-refractivity contribution in [1.82, 2.24) is 4.90 Å². The number of piperidine rings is 1. The molecular weight excluding hydrogens is 396 g/mol. The number of hydrogen-bond acceptors (Lipinski definition) is 5. The minimum Gasteiger partial charge on any atom is -0.462 e. The third kappa shape index (κ3) is 4.76. The van der Waals surface area contributed by atoms with E-state index in [2.05, 4.69) is 40.5 Å². The summed E-state index contributed by atoms with van der Waals surface area (Å²) in [6, 6.07) is 10.6. The molecule has 0 saturated carbocycles. The van der Waals surface area contributed by atoms with Gasteiger partial charge in [0.25, 0.3) is 0 Å². The normalized spacial score (nSPS) is 17.4. The molecule has 30 heavy (non-hydrogen) atoms. The molecule has 1 aromatic heterocycles. The second kappa shape index (κ2) is 9.75. The van der Waals surface area contributed by atoms with Gasteiger partial charge in [0.2, 0.25) is 5.91 Å². The van der Waals surface area contributed by atoms with E-state index in [0.29, 0.717) is 29.6 Å². The number of carbonyl (C=O) groups excluding carboxylic acids is 2. The van der Waals surface area contributed by atoms with Gasteiger partial charge in [0.15, 0.2) is 0 Å². The number of carbonyl (C=O) groups is 2. The lowest BCUT2D eigenvalue weighted by molar-refractivity contribution is -0.117. The van der Waals surface area contributed by atoms with Gasteiger partial charge in [0.1, 0.15) is 5.00 Å². The van der Waals surface area contributed by atoms with Crippen LogP contribution in [0.1, 0.15) is 64.9 Å². The van der Waals surface area contributed by atoms with Crippen LogP contribution in [0.15, 0.2) is 30.3 Å². The highest BCUT2D eigenvalue weighted by molar-refractivity contribution is 7.17. The van der Waals surface area contributed by atoms with Crippen LogP contribution in [0.3, 0.4) is 0 Å². The molecule has 6 heteroatoms. The number of aryl methyl sites for hydroxylation is 1. The maximum Gasteiger partial charge on any atom is 0.341 e. The average molecular weight is 427 g/mol. The van der Waals surface area contributed by atoms with Crippen molar-refractivity contribution in [3.8, 4) is 0 Å². The molecule has 160 valence electrons. The van der Waals surface area contributed by atoms with Gasteiger partial charge in [0, 0.05) is 4.88 Å². The largest absolute Gasteiger partial charge is 0.462 e. The topological polar surface area (TPSA) is 58.6 Å². The van der Waals surface area contributed by atoms with Crippen molar-refractivity contribution in [2.45, 2.75) is 51.4 Å². The first kappa shape index (κ1) is 21.1. The van der Waals surface area contributed by atoms with Crippen LogP contribution in [-0.4, -0.2) is 43.0 Å². The molecule has 1 saturated heterocycles. The minimum absolute atomic E-state index is 0.0442. The summed E-state index contributed by atoms with van der Waals surface area (Å²) in [5.41, 5.74) is 3.07. The minimum atomic E-state index is -0.309. The lowest BCUT2D eigenvalue weighted by Crippen LogP contribution is -2.38.